The predicted octanol–water partition coefficient (Wildman–Crippen LogP) is 2.26. The fraction of sp³-hybridized carbons (Fsp3) is 0.600. The maximum absolute atomic E-state index is 12.3. The fourth-order valence-corrected chi connectivity index (χ4v) is 3.06. The molecule has 108 valence electrons. The van der Waals surface area contributed by atoms with Crippen molar-refractivity contribution in [2.45, 2.75) is 31.7 Å². The van der Waals surface area contributed by atoms with Gasteiger partial charge in [-0.15, -0.1) is 0 Å². The molecule has 2 atom stereocenters. The van der Waals surface area contributed by atoms with Gasteiger partial charge in [0.1, 0.15) is 5.15 Å². The summed E-state index contributed by atoms with van der Waals surface area (Å²) < 4.78 is 0. The highest BCUT2D eigenvalue weighted by molar-refractivity contribution is 6.29. The minimum Gasteiger partial charge on any atom is -0.396 e. The molecule has 1 aromatic heterocycles. The molecule has 2 fully saturated rings. The van der Waals surface area contributed by atoms with Crippen LogP contribution in [0.3, 0.4) is 0 Å². The summed E-state index contributed by atoms with van der Waals surface area (Å²) in [5, 5.41) is 13.1. The number of rotatable bonds is 6. The topological polar surface area (TPSA) is 62.2 Å². The monoisotopic (exact) mass is 294 g/mol. The van der Waals surface area contributed by atoms with Gasteiger partial charge in [0.2, 0.25) is 0 Å². The van der Waals surface area contributed by atoms with E-state index in [0.717, 1.165) is 12.8 Å². The van der Waals surface area contributed by atoms with E-state index in [1.807, 2.05) is 0 Å². The molecule has 0 spiro atoms. The van der Waals surface area contributed by atoms with E-state index in [-0.39, 0.29) is 24.5 Å². The summed E-state index contributed by atoms with van der Waals surface area (Å²) in [6, 6.07) is 3.33. The molecule has 2 aliphatic carbocycles. The maximum Gasteiger partial charge on any atom is 0.251 e. The molecule has 2 aliphatic rings. The molecule has 5 heteroatoms. The van der Waals surface area contributed by atoms with Crippen molar-refractivity contribution >= 4 is 17.5 Å². The Balaban J connectivity index is 1.71. The minimum absolute atomic E-state index is 0.0898. The summed E-state index contributed by atoms with van der Waals surface area (Å²) in [4.78, 5) is 16.2. The quantitative estimate of drug-likeness (QED) is 0.791. The second-order valence-corrected chi connectivity index (χ2v) is 6.28. The van der Waals surface area contributed by atoms with Crippen LogP contribution in [0.4, 0.5) is 0 Å². The fourth-order valence-electron chi connectivity index (χ4n) is 2.89. The molecule has 0 radical (unpaired) electrons. The van der Waals surface area contributed by atoms with Gasteiger partial charge >= 0.3 is 0 Å². The molecule has 0 unspecified atom stereocenters. The van der Waals surface area contributed by atoms with Crippen LogP contribution in [0.1, 0.15) is 36.0 Å². The molecule has 2 saturated carbocycles. The lowest BCUT2D eigenvalue weighted by Crippen LogP contribution is -2.44. The molecule has 20 heavy (non-hydrogen) atoms. The maximum atomic E-state index is 12.3. The standard InChI is InChI=1S/C15H19ClN2O2/c16-13-7-11(5-6-17-13)15(20)18-14(10-3-4-10)12(8-19)9-1-2-9/h5-7,9-10,12,14,19H,1-4,8H2,(H,18,20)/t12-,14-/m0/s1. The first-order valence-corrected chi connectivity index (χ1v) is 7.60. The molecule has 2 N–H and O–H groups in total. The van der Waals surface area contributed by atoms with Crippen molar-refractivity contribution in [3.05, 3.63) is 29.0 Å². The number of carbonyl (C=O) groups is 1. The zero-order valence-corrected chi connectivity index (χ0v) is 12.0. The van der Waals surface area contributed by atoms with E-state index in [4.69, 9.17) is 11.6 Å². The number of carbonyl (C=O) groups excluding carboxylic acids is 1. The van der Waals surface area contributed by atoms with E-state index < -0.39 is 0 Å². The molecular formula is C15H19ClN2O2. The highest BCUT2D eigenvalue weighted by Crippen LogP contribution is 2.45. The summed E-state index contributed by atoms with van der Waals surface area (Å²) in [6.45, 7) is 0.156. The molecule has 0 bridgehead atoms. The van der Waals surface area contributed by atoms with Crippen LogP contribution in [0, 0.1) is 17.8 Å². The Morgan fingerprint density at radius 1 is 1.40 bits per heavy atom. The van der Waals surface area contributed by atoms with Crippen molar-refractivity contribution in [3.63, 3.8) is 0 Å². The van der Waals surface area contributed by atoms with Crippen molar-refractivity contribution in [3.8, 4) is 0 Å². The lowest BCUT2D eigenvalue weighted by molar-refractivity contribution is 0.0879. The Bertz CT molecular complexity index is 500. The molecule has 0 saturated heterocycles. The second-order valence-electron chi connectivity index (χ2n) is 5.89. The van der Waals surface area contributed by atoms with Crippen molar-refractivity contribution in [2.24, 2.45) is 17.8 Å². The van der Waals surface area contributed by atoms with Gasteiger partial charge in [-0.1, -0.05) is 11.6 Å². The number of halogens is 1. The summed E-state index contributed by atoms with van der Waals surface area (Å²) in [7, 11) is 0. The van der Waals surface area contributed by atoms with Crippen LogP contribution < -0.4 is 5.32 Å². The van der Waals surface area contributed by atoms with Gasteiger partial charge in [0.05, 0.1) is 0 Å². The first kappa shape index (κ1) is 13.8. The summed E-state index contributed by atoms with van der Waals surface area (Å²) in [5.74, 6) is 1.18. The number of nitrogens with one attached hydrogen (secondary N) is 1. The number of nitrogens with zero attached hydrogens (tertiary/aromatic N) is 1. The Hall–Kier alpha value is -1.13. The number of hydrogen-bond acceptors (Lipinski definition) is 3. The van der Waals surface area contributed by atoms with E-state index in [1.54, 1.807) is 12.1 Å². The van der Waals surface area contributed by atoms with Crippen molar-refractivity contribution in [1.82, 2.24) is 10.3 Å². The highest BCUT2D eigenvalue weighted by atomic mass is 35.5. The van der Waals surface area contributed by atoms with Gasteiger partial charge < -0.3 is 10.4 Å². The number of aliphatic hydroxyl groups is 1. The predicted molar refractivity (Wildman–Crippen MR) is 76.5 cm³/mol. The van der Waals surface area contributed by atoms with Crippen LogP contribution in [0.15, 0.2) is 18.3 Å². The van der Waals surface area contributed by atoms with E-state index in [9.17, 15) is 9.90 Å². The third kappa shape index (κ3) is 3.13. The summed E-state index contributed by atoms with van der Waals surface area (Å²) in [6.07, 6.45) is 6.17. The number of aliphatic hydroxyl groups excluding tert-OH is 1. The number of amides is 1. The van der Waals surface area contributed by atoms with Crippen LogP contribution in [0.5, 0.6) is 0 Å². The normalized spacial score (nSPS) is 21.3. The lowest BCUT2D eigenvalue weighted by atomic mass is 9.91. The Kier molecular flexibility index (Phi) is 3.94. The zero-order chi connectivity index (χ0) is 14.1. The largest absolute Gasteiger partial charge is 0.396 e. The number of aromatic nitrogens is 1. The van der Waals surface area contributed by atoms with Gasteiger partial charge in [0.15, 0.2) is 0 Å². The van der Waals surface area contributed by atoms with Crippen LogP contribution >= 0.6 is 11.6 Å². The Morgan fingerprint density at radius 3 is 2.65 bits per heavy atom. The molecular weight excluding hydrogens is 276 g/mol. The van der Waals surface area contributed by atoms with Gasteiger partial charge in [-0.25, -0.2) is 4.98 Å². The average molecular weight is 295 g/mol. The second kappa shape index (κ2) is 5.70. The Morgan fingerprint density at radius 2 is 2.10 bits per heavy atom. The van der Waals surface area contributed by atoms with Crippen molar-refractivity contribution in [2.75, 3.05) is 6.61 Å². The van der Waals surface area contributed by atoms with E-state index in [0.29, 0.717) is 22.6 Å². The first-order chi connectivity index (χ1) is 9.69. The van der Waals surface area contributed by atoms with Gasteiger partial charge in [-0.05, 0) is 49.7 Å². The van der Waals surface area contributed by atoms with Crippen molar-refractivity contribution in [1.29, 1.82) is 0 Å². The van der Waals surface area contributed by atoms with Gasteiger partial charge in [0.25, 0.3) is 5.91 Å². The van der Waals surface area contributed by atoms with E-state index >= 15 is 0 Å². The zero-order valence-electron chi connectivity index (χ0n) is 11.3. The molecule has 3 rings (SSSR count). The number of pyridine rings is 1. The molecule has 1 heterocycles. The minimum atomic E-state index is -0.120. The molecule has 1 amide bonds. The average Bonchev–Trinajstić information content (AvgIpc) is 3.29. The van der Waals surface area contributed by atoms with Gasteiger partial charge in [0, 0.05) is 30.3 Å². The van der Waals surface area contributed by atoms with E-state index in [2.05, 4.69) is 10.3 Å². The van der Waals surface area contributed by atoms with Crippen LogP contribution in [0.25, 0.3) is 0 Å². The van der Waals surface area contributed by atoms with Crippen molar-refractivity contribution < 1.29 is 9.90 Å². The summed E-state index contributed by atoms with van der Waals surface area (Å²) >= 11 is 5.82. The van der Waals surface area contributed by atoms with Gasteiger partial charge in [-0.3, -0.25) is 4.79 Å². The third-order valence-corrected chi connectivity index (χ3v) is 4.52. The molecule has 0 aromatic carbocycles. The summed E-state index contributed by atoms with van der Waals surface area (Å²) in [5.41, 5.74) is 0.531. The number of hydrogen-bond donors (Lipinski definition) is 2. The van der Waals surface area contributed by atoms with Crippen LogP contribution in [-0.2, 0) is 0 Å². The SMILES string of the molecule is O=C(N[C@@H](C1CC1)[C@@H](CO)C1CC1)c1ccnc(Cl)c1. The first-order valence-electron chi connectivity index (χ1n) is 7.22. The highest BCUT2D eigenvalue weighted by Gasteiger charge is 2.43. The van der Waals surface area contributed by atoms with Crippen LogP contribution in [-0.4, -0.2) is 28.6 Å². The van der Waals surface area contributed by atoms with E-state index in [1.165, 1.54) is 19.0 Å². The third-order valence-electron chi connectivity index (χ3n) is 4.32. The molecule has 1 aromatic rings. The molecule has 4 nitrogen and oxygen atoms in total. The Labute approximate surface area is 123 Å². The smallest absolute Gasteiger partial charge is 0.251 e. The van der Waals surface area contributed by atoms with Crippen LogP contribution in [0.2, 0.25) is 5.15 Å². The van der Waals surface area contributed by atoms with Gasteiger partial charge in [-0.2, -0.15) is 0 Å². The lowest BCUT2D eigenvalue weighted by Gasteiger charge is -2.26. The molecule has 0 aliphatic heterocycles.